The van der Waals surface area contributed by atoms with E-state index in [-0.39, 0.29) is 48.8 Å². The minimum Gasteiger partial charge on any atom is -0.460 e. The summed E-state index contributed by atoms with van der Waals surface area (Å²) in [5.41, 5.74) is 8.05. The number of hydrogen-bond acceptors (Lipinski definition) is 9. The van der Waals surface area contributed by atoms with Gasteiger partial charge in [-0.05, 0) is 76.7 Å². The fraction of sp³-hybridized carbons (Fsp3) is 0.213. The highest BCUT2D eigenvalue weighted by molar-refractivity contribution is 6.24. The first-order chi connectivity index (χ1) is 27.0. The molecule has 56 heavy (non-hydrogen) atoms. The molecule has 0 radical (unpaired) electrons. The molecule has 0 spiro atoms. The van der Waals surface area contributed by atoms with Gasteiger partial charge in [-0.15, -0.1) is 0 Å². The number of rotatable bonds is 13. The van der Waals surface area contributed by atoms with E-state index < -0.39 is 17.9 Å². The average Bonchev–Trinajstić information content (AvgIpc) is 3.22. The zero-order valence-electron chi connectivity index (χ0n) is 31.8. The van der Waals surface area contributed by atoms with Crippen molar-refractivity contribution in [1.29, 1.82) is 0 Å². The number of methoxy groups -OCH3 is 1. The number of esters is 3. The van der Waals surface area contributed by atoms with E-state index in [2.05, 4.69) is 6.58 Å². The second-order valence-electron chi connectivity index (χ2n) is 13.6. The first kappa shape index (κ1) is 39.2. The Morgan fingerprint density at radius 1 is 0.554 bits per heavy atom. The Balaban J connectivity index is 1.34. The molecule has 0 aliphatic heterocycles. The van der Waals surface area contributed by atoms with Gasteiger partial charge in [0.15, 0.2) is 11.6 Å². The molecule has 2 unspecified atom stereocenters. The molecule has 0 aromatic heterocycles. The predicted octanol–water partition coefficient (Wildman–Crippen LogP) is 8.53. The molecule has 2 aliphatic carbocycles. The molecule has 0 fully saturated rings. The van der Waals surface area contributed by atoms with E-state index in [4.69, 9.17) is 18.9 Å². The highest BCUT2D eigenvalue weighted by Gasteiger charge is 2.33. The van der Waals surface area contributed by atoms with E-state index in [1.54, 1.807) is 36.4 Å². The van der Waals surface area contributed by atoms with E-state index in [1.165, 1.54) is 14.0 Å². The number of benzene rings is 4. The van der Waals surface area contributed by atoms with E-state index >= 15 is 0 Å². The molecule has 4 aromatic rings. The zero-order valence-corrected chi connectivity index (χ0v) is 31.8. The summed E-state index contributed by atoms with van der Waals surface area (Å²) in [4.78, 5) is 65.1. The Labute approximate surface area is 325 Å². The Kier molecular flexibility index (Phi) is 12.2. The van der Waals surface area contributed by atoms with Gasteiger partial charge in [0.25, 0.3) is 0 Å². The van der Waals surface area contributed by atoms with E-state index in [9.17, 15) is 24.0 Å². The van der Waals surface area contributed by atoms with Crippen LogP contribution in [0.3, 0.4) is 0 Å². The maximum atomic E-state index is 14.2. The molecule has 2 atom stereocenters. The minimum absolute atomic E-state index is 0.0858. The van der Waals surface area contributed by atoms with Crippen LogP contribution in [0.4, 0.5) is 0 Å². The predicted molar refractivity (Wildman–Crippen MR) is 212 cm³/mol. The van der Waals surface area contributed by atoms with Crippen LogP contribution in [0.15, 0.2) is 133 Å². The Morgan fingerprint density at radius 2 is 0.929 bits per heavy atom. The Bertz CT molecular complexity index is 2310. The lowest BCUT2D eigenvalue weighted by atomic mass is 9.74. The summed E-state index contributed by atoms with van der Waals surface area (Å²) in [5.74, 6) is -2.46. The van der Waals surface area contributed by atoms with Crippen molar-refractivity contribution < 1.29 is 42.9 Å². The molecule has 6 rings (SSSR count). The summed E-state index contributed by atoms with van der Waals surface area (Å²) in [6, 6.07) is 28.9. The number of allylic oxidation sites excluding steroid dienone is 6. The van der Waals surface area contributed by atoms with Crippen LogP contribution in [0, 0.1) is 0 Å². The van der Waals surface area contributed by atoms with Gasteiger partial charge in [0.05, 0.1) is 17.7 Å². The van der Waals surface area contributed by atoms with Gasteiger partial charge in [0.2, 0.25) is 0 Å². The highest BCUT2D eigenvalue weighted by Crippen LogP contribution is 2.44. The monoisotopic (exact) mass is 750 g/mol. The van der Waals surface area contributed by atoms with Gasteiger partial charge in [0.1, 0.15) is 19.8 Å². The molecule has 0 N–H and O–H groups in total. The van der Waals surface area contributed by atoms with Crippen molar-refractivity contribution in [2.45, 2.75) is 32.6 Å². The Morgan fingerprint density at radius 3 is 1.32 bits per heavy atom. The van der Waals surface area contributed by atoms with Crippen LogP contribution < -0.4 is 0 Å². The molecule has 9 nitrogen and oxygen atoms in total. The third-order valence-electron chi connectivity index (χ3n) is 9.98. The molecule has 0 saturated carbocycles. The fourth-order valence-electron chi connectivity index (χ4n) is 6.78. The number of hydrogen-bond donors (Lipinski definition) is 0. The van der Waals surface area contributed by atoms with Crippen LogP contribution in [0.2, 0.25) is 0 Å². The van der Waals surface area contributed by atoms with Crippen molar-refractivity contribution in [2.75, 3.05) is 33.5 Å². The van der Waals surface area contributed by atoms with Crippen molar-refractivity contribution in [3.05, 3.63) is 177 Å². The van der Waals surface area contributed by atoms with Gasteiger partial charge >= 0.3 is 17.9 Å². The van der Waals surface area contributed by atoms with E-state index in [0.717, 1.165) is 33.4 Å². The molecule has 0 saturated heterocycles. The fourth-order valence-corrected chi connectivity index (χ4v) is 6.78. The molecular formula is C47H42O9. The van der Waals surface area contributed by atoms with Crippen LogP contribution in [0.25, 0.3) is 11.1 Å². The number of ketones is 2. The summed E-state index contributed by atoms with van der Waals surface area (Å²) < 4.78 is 20.5. The molecular weight excluding hydrogens is 709 g/mol. The Hall–Kier alpha value is -6.45. The lowest BCUT2D eigenvalue weighted by molar-refractivity contribution is -0.140. The van der Waals surface area contributed by atoms with Gasteiger partial charge in [-0.25, -0.2) is 14.4 Å². The molecule has 2 aliphatic rings. The largest absolute Gasteiger partial charge is 0.460 e. The first-order valence-electron chi connectivity index (χ1n) is 18.3. The van der Waals surface area contributed by atoms with Crippen molar-refractivity contribution in [2.24, 2.45) is 0 Å². The standard InChI is InChI=1S/C47H42O9/c1-28(2)45(50)54-24-25-56-47(52)34-20-16-32(17-21-34)30(4)40-27-42(36-11-7-9-13-38(36)44(40)49)41-26-39(43(48)37-12-8-6-10-35(37)41)29(3)31-14-18-33(19-15-31)46(51)55-23-22-53-5/h6-21,26-27,29-30H,1,22-25H2,2-5H3/b42-41+. The summed E-state index contributed by atoms with van der Waals surface area (Å²) in [6.45, 7) is 9.23. The highest BCUT2D eigenvalue weighted by atomic mass is 16.6. The second kappa shape index (κ2) is 17.3. The van der Waals surface area contributed by atoms with Crippen LogP contribution in [0.5, 0.6) is 0 Å². The van der Waals surface area contributed by atoms with Gasteiger partial charge in [-0.2, -0.15) is 0 Å². The van der Waals surface area contributed by atoms with Crippen LogP contribution in [-0.2, 0) is 23.7 Å². The zero-order chi connectivity index (χ0) is 39.9. The van der Waals surface area contributed by atoms with Gasteiger partial charge in [0, 0.05) is 46.8 Å². The normalized spacial score (nSPS) is 15.7. The molecule has 284 valence electrons. The second-order valence-corrected chi connectivity index (χ2v) is 13.6. The number of fused-ring (bicyclic) bond motifs is 2. The minimum atomic E-state index is -0.566. The van der Waals surface area contributed by atoms with E-state index in [0.29, 0.717) is 40.0 Å². The van der Waals surface area contributed by atoms with Crippen molar-refractivity contribution in [1.82, 2.24) is 0 Å². The maximum Gasteiger partial charge on any atom is 0.338 e. The molecule has 4 aromatic carbocycles. The molecule has 0 bridgehead atoms. The van der Waals surface area contributed by atoms with E-state index in [1.807, 2.05) is 86.7 Å². The SMILES string of the molecule is C=C(C)C(=O)OCCOC(=O)c1ccc(C(C)C2=C/C(=C3/C=C(C(C)c4ccc(C(=O)OCCOC)cc4)C(=O)c4ccccc43)c3ccccc3C2=O)cc1. The number of carbonyl (C=O) groups is 5. The number of ether oxygens (including phenoxy) is 4. The van der Waals surface area contributed by atoms with Crippen LogP contribution >= 0.6 is 0 Å². The molecule has 9 heteroatoms. The maximum absolute atomic E-state index is 14.2. The lowest BCUT2D eigenvalue weighted by Crippen LogP contribution is -2.19. The van der Waals surface area contributed by atoms with Gasteiger partial charge in [-0.3, -0.25) is 9.59 Å². The molecule has 0 amide bonds. The summed E-state index contributed by atoms with van der Waals surface area (Å²) in [6.07, 6.45) is 3.86. The summed E-state index contributed by atoms with van der Waals surface area (Å²) >= 11 is 0. The number of Topliss-reactive ketones (excluding diaryl/α,β-unsaturated/α-hetero) is 2. The topological polar surface area (TPSA) is 122 Å². The third kappa shape index (κ3) is 8.28. The summed E-state index contributed by atoms with van der Waals surface area (Å²) in [5, 5.41) is 0. The van der Waals surface area contributed by atoms with Crippen LogP contribution in [0.1, 0.15) is 96.3 Å². The smallest absolute Gasteiger partial charge is 0.338 e. The van der Waals surface area contributed by atoms with Crippen molar-refractivity contribution in [3.63, 3.8) is 0 Å². The third-order valence-corrected chi connectivity index (χ3v) is 9.98. The quantitative estimate of drug-likeness (QED) is 0.0573. The number of carbonyl (C=O) groups excluding carboxylic acids is 5. The average molecular weight is 751 g/mol. The van der Waals surface area contributed by atoms with Gasteiger partial charge in [-0.1, -0.05) is 93.2 Å². The summed E-state index contributed by atoms with van der Waals surface area (Å²) in [7, 11) is 1.54. The van der Waals surface area contributed by atoms with Crippen LogP contribution in [-0.4, -0.2) is 63.0 Å². The van der Waals surface area contributed by atoms with Crippen molar-refractivity contribution >= 4 is 40.6 Å². The van der Waals surface area contributed by atoms with Crippen molar-refractivity contribution in [3.8, 4) is 0 Å². The first-order valence-corrected chi connectivity index (χ1v) is 18.3. The van der Waals surface area contributed by atoms with Gasteiger partial charge < -0.3 is 18.9 Å². The molecule has 0 heterocycles. The lowest BCUT2D eigenvalue weighted by Gasteiger charge is -2.28.